The van der Waals surface area contributed by atoms with Crippen molar-refractivity contribution in [2.24, 2.45) is 0 Å². The molecule has 0 aliphatic carbocycles. The van der Waals surface area contributed by atoms with Crippen molar-refractivity contribution in [3.63, 3.8) is 0 Å². The molecule has 1 aromatic heterocycles. The van der Waals surface area contributed by atoms with Crippen LogP contribution in [0.3, 0.4) is 0 Å². The van der Waals surface area contributed by atoms with Gasteiger partial charge in [0.1, 0.15) is 0 Å². The van der Waals surface area contributed by atoms with Crippen molar-refractivity contribution in [1.29, 1.82) is 0 Å². The van der Waals surface area contributed by atoms with Gasteiger partial charge in [-0.25, -0.2) is 0 Å². The van der Waals surface area contributed by atoms with E-state index in [9.17, 15) is 0 Å². The molecular weight excluding hydrogens is 256 g/mol. The Morgan fingerprint density at radius 2 is 1.86 bits per heavy atom. The molecule has 0 amide bonds. The van der Waals surface area contributed by atoms with Gasteiger partial charge in [0.25, 0.3) is 0 Å². The maximum absolute atomic E-state index is 3.71. The summed E-state index contributed by atoms with van der Waals surface area (Å²) in [5, 5.41) is 2.12. The number of alkyl halides is 1. The molecule has 0 bridgehead atoms. The lowest BCUT2D eigenvalue weighted by atomic mass is 10.1. The van der Waals surface area contributed by atoms with Gasteiger partial charge in [-0.15, -0.1) is 11.3 Å². The fourth-order valence-corrected chi connectivity index (χ4v) is 2.94. The van der Waals surface area contributed by atoms with Crippen LogP contribution in [0.4, 0.5) is 0 Å². The standard InChI is InChI=1S/C12H11BrS/c13-11(12-7-4-8-14-12)9-10-5-2-1-3-6-10/h1-8,11H,9H2. The van der Waals surface area contributed by atoms with Crippen molar-refractivity contribution in [3.05, 3.63) is 58.3 Å². The molecule has 2 rings (SSSR count). The molecule has 1 aromatic carbocycles. The Bertz CT molecular complexity index is 366. The molecule has 0 saturated heterocycles. The number of hydrogen-bond donors (Lipinski definition) is 0. The Kier molecular flexibility index (Phi) is 3.38. The molecule has 0 aliphatic rings. The number of thiophene rings is 1. The first kappa shape index (κ1) is 9.94. The van der Waals surface area contributed by atoms with E-state index < -0.39 is 0 Å². The van der Waals surface area contributed by atoms with Crippen LogP contribution in [0.2, 0.25) is 0 Å². The van der Waals surface area contributed by atoms with Crippen molar-refractivity contribution >= 4 is 27.3 Å². The fourth-order valence-electron chi connectivity index (χ4n) is 1.39. The van der Waals surface area contributed by atoms with Gasteiger partial charge in [0.2, 0.25) is 0 Å². The average Bonchev–Trinajstić information content (AvgIpc) is 2.72. The van der Waals surface area contributed by atoms with Crippen LogP contribution in [0.5, 0.6) is 0 Å². The molecule has 1 unspecified atom stereocenters. The molecule has 0 radical (unpaired) electrons. The summed E-state index contributed by atoms with van der Waals surface area (Å²) in [5.74, 6) is 0. The highest BCUT2D eigenvalue weighted by Gasteiger charge is 2.08. The van der Waals surface area contributed by atoms with E-state index in [0.717, 1.165) is 6.42 Å². The van der Waals surface area contributed by atoms with Crippen LogP contribution in [0, 0.1) is 0 Å². The van der Waals surface area contributed by atoms with E-state index in [1.807, 2.05) is 0 Å². The van der Waals surface area contributed by atoms with E-state index in [1.54, 1.807) is 11.3 Å². The summed E-state index contributed by atoms with van der Waals surface area (Å²) in [6.45, 7) is 0. The van der Waals surface area contributed by atoms with Gasteiger partial charge in [-0.05, 0) is 23.4 Å². The Hall–Kier alpha value is -0.600. The van der Waals surface area contributed by atoms with Gasteiger partial charge in [0.15, 0.2) is 0 Å². The minimum absolute atomic E-state index is 0.449. The third kappa shape index (κ3) is 2.46. The molecular formula is C12H11BrS. The minimum atomic E-state index is 0.449. The first-order valence-corrected chi connectivity index (χ1v) is 6.37. The predicted molar refractivity (Wildman–Crippen MR) is 66.1 cm³/mol. The topological polar surface area (TPSA) is 0 Å². The number of hydrogen-bond acceptors (Lipinski definition) is 1. The number of rotatable bonds is 3. The van der Waals surface area contributed by atoms with Gasteiger partial charge in [-0.1, -0.05) is 52.3 Å². The third-order valence-electron chi connectivity index (χ3n) is 2.11. The fraction of sp³-hybridized carbons (Fsp3) is 0.167. The Morgan fingerprint density at radius 1 is 1.07 bits per heavy atom. The van der Waals surface area contributed by atoms with Crippen molar-refractivity contribution in [2.45, 2.75) is 11.2 Å². The van der Waals surface area contributed by atoms with E-state index in [4.69, 9.17) is 0 Å². The molecule has 0 N–H and O–H groups in total. The molecule has 1 atom stereocenters. The summed E-state index contributed by atoms with van der Waals surface area (Å²) in [6.07, 6.45) is 1.06. The zero-order valence-electron chi connectivity index (χ0n) is 7.69. The molecule has 1 heterocycles. The maximum Gasteiger partial charge on any atom is 0.0529 e. The summed E-state index contributed by atoms with van der Waals surface area (Å²) in [7, 11) is 0. The summed E-state index contributed by atoms with van der Waals surface area (Å²) in [6, 6.07) is 14.8. The van der Waals surface area contributed by atoms with E-state index in [-0.39, 0.29) is 0 Å². The van der Waals surface area contributed by atoms with Gasteiger partial charge >= 0.3 is 0 Å². The summed E-state index contributed by atoms with van der Waals surface area (Å²) in [5.41, 5.74) is 1.38. The summed E-state index contributed by atoms with van der Waals surface area (Å²) in [4.78, 5) is 1.85. The van der Waals surface area contributed by atoms with E-state index >= 15 is 0 Å². The van der Waals surface area contributed by atoms with Crippen LogP contribution in [0.1, 0.15) is 15.3 Å². The summed E-state index contributed by atoms with van der Waals surface area (Å²) >= 11 is 5.52. The lowest BCUT2D eigenvalue weighted by Crippen LogP contribution is -1.91. The smallest absolute Gasteiger partial charge is 0.0529 e. The lowest BCUT2D eigenvalue weighted by Gasteiger charge is -2.06. The number of benzene rings is 1. The van der Waals surface area contributed by atoms with Crippen molar-refractivity contribution in [2.75, 3.05) is 0 Å². The van der Waals surface area contributed by atoms with Gasteiger partial charge in [0, 0.05) is 4.88 Å². The first-order valence-electron chi connectivity index (χ1n) is 4.57. The van der Waals surface area contributed by atoms with Gasteiger partial charge in [-0.2, -0.15) is 0 Å². The van der Waals surface area contributed by atoms with Crippen LogP contribution in [-0.2, 0) is 6.42 Å². The number of halogens is 1. The first-order chi connectivity index (χ1) is 6.86. The van der Waals surface area contributed by atoms with Crippen LogP contribution in [0.15, 0.2) is 47.8 Å². The second kappa shape index (κ2) is 4.76. The second-order valence-electron chi connectivity index (χ2n) is 3.17. The highest BCUT2D eigenvalue weighted by molar-refractivity contribution is 9.09. The second-order valence-corrected chi connectivity index (χ2v) is 5.26. The van der Waals surface area contributed by atoms with Gasteiger partial charge < -0.3 is 0 Å². The zero-order valence-corrected chi connectivity index (χ0v) is 10.1. The Morgan fingerprint density at radius 3 is 2.50 bits per heavy atom. The largest absolute Gasteiger partial charge is 0.148 e. The molecule has 2 heteroatoms. The molecule has 14 heavy (non-hydrogen) atoms. The average molecular weight is 267 g/mol. The van der Waals surface area contributed by atoms with E-state index in [1.165, 1.54) is 10.4 Å². The predicted octanol–water partition coefficient (Wildman–Crippen LogP) is 4.43. The lowest BCUT2D eigenvalue weighted by molar-refractivity contribution is 0.970. The quantitative estimate of drug-likeness (QED) is 0.722. The van der Waals surface area contributed by atoms with Crippen LogP contribution in [-0.4, -0.2) is 0 Å². The minimum Gasteiger partial charge on any atom is -0.148 e. The van der Waals surface area contributed by atoms with Gasteiger partial charge in [0.05, 0.1) is 4.83 Å². The zero-order chi connectivity index (χ0) is 9.80. The normalized spacial score (nSPS) is 12.6. The molecule has 2 aromatic rings. The maximum atomic E-state index is 3.71. The van der Waals surface area contributed by atoms with Crippen molar-refractivity contribution in [3.8, 4) is 0 Å². The van der Waals surface area contributed by atoms with Crippen LogP contribution >= 0.6 is 27.3 Å². The molecule has 72 valence electrons. The molecule has 0 nitrogen and oxygen atoms in total. The van der Waals surface area contributed by atoms with E-state index in [0.29, 0.717) is 4.83 Å². The van der Waals surface area contributed by atoms with Crippen LogP contribution in [0.25, 0.3) is 0 Å². The van der Waals surface area contributed by atoms with Crippen molar-refractivity contribution in [1.82, 2.24) is 0 Å². The monoisotopic (exact) mass is 266 g/mol. The Balaban J connectivity index is 2.06. The molecule has 0 saturated carbocycles. The van der Waals surface area contributed by atoms with Gasteiger partial charge in [-0.3, -0.25) is 0 Å². The highest BCUT2D eigenvalue weighted by atomic mass is 79.9. The molecule has 0 fully saturated rings. The van der Waals surface area contributed by atoms with E-state index in [2.05, 4.69) is 63.8 Å². The Labute approximate surface area is 96.7 Å². The highest BCUT2D eigenvalue weighted by Crippen LogP contribution is 2.30. The SMILES string of the molecule is BrC(Cc1ccccc1)c1cccs1. The third-order valence-corrected chi connectivity index (χ3v) is 4.22. The molecule has 0 aliphatic heterocycles. The molecule has 0 spiro atoms. The van der Waals surface area contributed by atoms with Crippen LogP contribution < -0.4 is 0 Å². The van der Waals surface area contributed by atoms with Crippen molar-refractivity contribution < 1.29 is 0 Å². The summed E-state index contributed by atoms with van der Waals surface area (Å²) < 4.78 is 0.